The van der Waals surface area contributed by atoms with E-state index in [1.807, 2.05) is 19.2 Å². The zero-order chi connectivity index (χ0) is 20.1. The van der Waals surface area contributed by atoms with Gasteiger partial charge in [-0.2, -0.15) is 5.10 Å². The van der Waals surface area contributed by atoms with E-state index in [-0.39, 0.29) is 18.3 Å². The molecule has 0 bridgehead atoms. The van der Waals surface area contributed by atoms with E-state index in [0.717, 1.165) is 24.4 Å². The number of amides is 1. The zero-order valence-electron chi connectivity index (χ0n) is 15.7. The monoisotopic (exact) mass is 385 g/mol. The highest BCUT2D eigenvalue weighted by atomic mass is 19.1. The van der Waals surface area contributed by atoms with Gasteiger partial charge in [0, 0.05) is 31.4 Å². The van der Waals surface area contributed by atoms with Crippen molar-refractivity contribution in [1.29, 1.82) is 0 Å². The molecule has 5 nitrogen and oxygen atoms in total. The molecule has 2 aromatic carbocycles. The second-order valence-electron chi connectivity index (χ2n) is 6.39. The van der Waals surface area contributed by atoms with Crippen molar-refractivity contribution in [2.45, 2.75) is 26.6 Å². The molecule has 1 aromatic heterocycles. The van der Waals surface area contributed by atoms with Crippen LogP contribution in [0.3, 0.4) is 0 Å². The fourth-order valence-electron chi connectivity index (χ4n) is 2.75. The summed E-state index contributed by atoms with van der Waals surface area (Å²) in [7, 11) is 1.71. The minimum Gasteiger partial charge on any atom is -0.486 e. The maximum absolute atomic E-state index is 13.7. The molecule has 1 amide bonds. The van der Waals surface area contributed by atoms with Crippen molar-refractivity contribution in [3.8, 4) is 5.75 Å². The number of aryl methyl sites for hydroxylation is 1. The lowest BCUT2D eigenvalue weighted by molar-refractivity contribution is 0.0783. The van der Waals surface area contributed by atoms with Gasteiger partial charge in [-0.05, 0) is 42.8 Å². The molecule has 146 valence electrons. The molecule has 7 heteroatoms. The van der Waals surface area contributed by atoms with Gasteiger partial charge in [0.25, 0.3) is 5.91 Å². The first kappa shape index (κ1) is 19.5. The molecule has 3 aromatic rings. The number of rotatable bonds is 7. The lowest BCUT2D eigenvalue weighted by Gasteiger charge is -2.16. The van der Waals surface area contributed by atoms with E-state index in [1.165, 1.54) is 6.07 Å². The number of aromatic nitrogens is 2. The largest absolute Gasteiger partial charge is 0.486 e. The molecule has 0 radical (unpaired) electrons. The van der Waals surface area contributed by atoms with Gasteiger partial charge >= 0.3 is 0 Å². The summed E-state index contributed by atoms with van der Waals surface area (Å²) >= 11 is 0. The normalized spacial score (nSPS) is 10.7. The van der Waals surface area contributed by atoms with Crippen LogP contribution in [0.4, 0.5) is 8.78 Å². The molecule has 0 N–H and O–H groups in total. The van der Waals surface area contributed by atoms with Gasteiger partial charge in [-0.3, -0.25) is 9.48 Å². The number of carbonyl (C=O) groups is 1. The van der Waals surface area contributed by atoms with Crippen molar-refractivity contribution in [2.75, 3.05) is 7.05 Å². The Balaban J connectivity index is 1.65. The Morgan fingerprint density at radius 1 is 1.18 bits per heavy atom. The van der Waals surface area contributed by atoms with Crippen molar-refractivity contribution in [3.05, 3.63) is 83.2 Å². The molecule has 0 aliphatic rings. The van der Waals surface area contributed by atoms with Crippen molar-refractivity contribution >= 4 is 5.91 Å². The molecule has 0 atom stereocenters. The number of benzene rings is 2. The van der Waals surface area contributed by atoms with E-state index >= 15 is 0 Å². The third kappa shape index (κ3) is 4.73. The van der Waals surface area contributed by atoms with Crippen LogP contribution in [-0.4, -0.2) is 27.6 Å². The first-order valence-electron chi connectivity index (χ1n) is 8.91. The fourth-order valence-corrected chi connectivity index (χ4v) is 2.75. The highest BCUT2D eigenvalue weighted by Gasteiger charge is 2.14. The standard InChI is InChI=1S/C21H21F2N3O2/c1-3-26-10-9-18(24-26)13-25(2)21(27)16-6-4-5-15(11-16)14-28-20-8-7-17(22)12-19(20)23/h4-12H,3,13-14H2,1-2H3. The second-order valence-corrected chi connectivity index (χ2v) is 6.39. The Kier molecular flexibility index (Phi) is 6.03. The second kappa shape index (κ2) is 8.65. The topological polar surface area (TPSA) is 47.4 Å². The molecule has 1 heterocycles. The lowest BCUT2D eigenvalue weighted by atomic mass is 10.1. The molecule has 3 rings (SSSR count). The van der Waals surface area contributed by atoms with Gasteiger partial charge in [-0.15, -0.1) is 0 Å². The van der Waals surface area contributed by atoms with Crippen LogP contribution in [0.5, 0.6) is 5.75 Å². The summed E-state index contributed by atoms with van der Waals surface area (Å²) in [6.45, 7) is 3.23. The molecular weight excluding hydrogens is 364 g/mol. The minimum absolute atomic E-state index is 0.0400. The molecule has 0 saturated heterocycles. The SMILES string of the molecule is CCn1ccc(CN(C)C(=O)c2cccc(COc3ccc(F)cc3F)c2)n1. The average Bonchev–Trinajstić information content (AvgIpc) is 3.14. The van der Waals surface area contributed by atoms with Gasteiger partial charge in [-0.25, -0.2) is 8.78 Å². The summed E-state index contributed by atoms with van der Waals surface area (Å²) in [6.07, 6.45) is 1.88. The van der Waals surface area contributed by atoms with Gasteiger partial charge in [0.1, 0.15) is 12.4 Å². The molecule has 0 aliphatic heterocycles. The summed E-state index contributed by atoms with van der Waals surface area (Å²) in [6, 6.07) is 12.0. The first-order valence-corrected chi connectivity index (χ1v) is 8.91. The first-order chi connectivity index (χ1) is 13.5. The minimum atomic E-state index is -0.765. The third-order valence-electron chi connectivity index (χ3n) is 4.23. The van der Waals surface area contributed by atoms with E-state index < -0.39 is 11.6 Å². The third-order valence-corrected chi connectivity index (χ3v) is 4.23. The maximum Gasteiger partial charge on any atom is 0.253 e. The van der Waals surface area contributed by atoms with Crippen LogP contribution >= 0.6 is 0 Å². The summed E-state index contributed by atoms with van der Waals surface area (Å²) in [5.41, 5.74) is 2.01. The van der Waals surface area contributed by atoms with E-state index in [1.54, 1.807) is 40.9 Å². The molecule has 0 saturated carbocycles. The van der Waals surface area contributed by atoms with Crippen LogP contribution < -0.4 is 4.74 Å². The van der Waals surface area contributed by atoms with Crippen molar-refractivity contribution in [1.82, 2.24) is 14.7 Å². The fraction of sp³-hybridized carbons (Fsp3) is 0.238. The number of hydrogen-bond acceptors (Lipinski definition) is 3. The Labute approximate surface area is 162 Å². The smallest absolute Gasteiger partial charge is 0.253 e. The summed E-state index contributed by atoms with van der Waals surface area (Å²) in [4.78, 5) is 14.3. The van der Waals surface area contributed by atoms with Crippen molar-refractivity contribution in [2.24, 2.45) is 0 Å². The predicted octanol–water partition coefficient (Wildman–Crippen LogP) is 4.03. The molecule has 28 heavy (non-hydrogen) atoms. The van der Waals surface area contributed by atoms with E-state index in [4.69, 9.17) is 4.74 Å². The number of hydrogen-bond donors (Lipinski definition) is 0. The number of ether oxygens (including phenoxy) is 1. The average molecular weight is 385 g/mol. The predicted molar refractivity (Wildman–Crippen MR) is 101 cm³/mol. The van der Waals surface area contributed by atoms with Crippen LogP contribution in [-0.2, 0) is 19.7 Å². The van der Waals surface area contributed by atoms with Crippen LogP contribution in [0.25, 0.3) is 0 Å². The van der Waals surface area contributed by atoms with Gasteiger partial charge in [0.2, 0.25) is 0 Å². The van der Waals surface area contributed by atoms with Crippen molar-refractivity contribution < 1.29 is 18.3 Å². The molecule has 0 aliphatic carbocycles. The highest BCUT2D eigenvalue weighted by Crippen LogP contribution is 2.19. The van der Waals surface area contributed by atoms with E-state index in [9.17, 15) is 13.6 Å². The summed E-state index contributed by atoms with van der Waals surface area (Å²) < 4.78 is 33.8. The van der Waals surface area contributed by atoms with E-state index in [0.29, 0.717) is 17.7 Å². The van der Waals surface area contributed by atoms with Crippen LogP contribution in [0, 0.1) is 11.6 Å². The van der Waals surface area contributed by atoms with Crippen molar-refractivity contribution in [3.63, 3.8) is 0 Å². The number of carbonyl (C=O) groups excluding carboxylic acids is 1. The van der Waals surface area contributed by atoms with Crippen LogP contribution in [0.2, 0.25) is 0 Å². The van der Waals surface area contributed by atoms with E-state index in [2.05, 4.69) is 5.10 Å². The number of nitrogens with zero attached hydrogens (tertiary/aromatic N) is 3. The van der Waals surface area contributed by atoms with Gasteiger partial charge in [0.05, 0.1) is 12.2 Å². The van der Waals surface area contributed by atoms with Gasteiger partial charge in [-0.1, -0.05) is 12.1 Å². The zero-order valence-corrected chi connectivity index (χ0v) is 15.7. The molecule has 0 fully saturated rings. The highest BCUT2D eigenvalue weighted by molar-refractivity contribution is 5.94. The van der Waals surface area contributed by atoms with Gasteiger partial charge < -0.3 is 9.64 Å². The number of halogens is 2. The Morgan fingerprint density at radius 3 is 2.71 bits per heavy atom. The Hall–Kier alpha value is -3.22. The Bertz CT molecular complexity index is 972. The molecule has 0 unspecified atom stereocenters. The van der Waals surface area contributed by atoms with Crippen LogP contribution in [0.1, 0.15) is 28.5 Å². The lowest BCUT2D eigenvalue weighted by Crippen LogP contribution is -2.26. The molecular formula is C21H21F2N3O2. The summed E-state index contributed by atoms with van der Waals surface area (Å²) in [5, 5.41) is 4.38. The van der Waals surface area contributed by atoms with Gasteiger partial charge in [0.15, 0.2) is 11.6 Å². The quantitative estimate of drug-likeness (QED) is 0.617. The molecule has 0 spiro atoms. The Morgan fingerprint density at radius 2 is 2.00 bits per heavy atom. The maximum atomic E-state index is 13.7. The summed E-state index contributed by atoms with van der Waals surface area (Å²) in [5.74, 6) is -1.62. The van der Waals surface area contributed by atoms with Crippen LogP contribution in [0.15, 0.2) is 54.7 Å².